The van der Waals surface area contributed by atoms with Crippen LogP contribution in [0, 0.1) is 5.92 Å². The van der Waals surface area contributed by atoms with Crippen LogP contribution in [0.1, 0.15) is 69.9 Å². The van der Waals surface area contributed by atoms with Crippen molar-refractivity contribution in [2.24, 2.45) is 11.0 Å². The fraction of sp³-hybridized carbons (Fsp3) is 0.500. The van der Waals surface area contributed by atoms with E-state index >= 15 is 0 Å². The topological polar surface area (TPSA) is 68.6 Å². The largest absolute Gasteiger partial charge is 0.508 e. The molecule has 43 heavy (non-hydrogen) atoms. The molecule has 0 aromatic heterocycles. The van der Waals surface area contributed by atoms with Crippen LogP contribution in [0.15, 0.2) is 83.7 Å². The van der Waals surface area contributed by atoms with Crippen molar-refractivity contribution in [3.05, 3.63) is 89.7 Å². The molecule has 2 aromatic rings. The molecule has 3 aliphatic rings. The Morgan fingerprint density at radius 3 is 2.47 bits per heavy atom. The summed E-state index contributed by atoms with van der Waals surface area (Å²) < 4.78 is 6.19. The molecule has 0 saturated carbocycles. The van der Waals surface area contributed by atoms with Gasteiger partial charge in [0.05, 0.1) is 18.8 Å². The lowest BCUT2D eigenvalue weighted by Gasteiger charge is -2.41. The molecule has 0 bridgehead atoms. The number of hydrogen-bond acceptors (Lipinski definition) is 6. The Labute approximate surface area is 257 Å². The zero-order chi connectivity index (χ0) is 30.2. The number of benzene rings is 2. The van der Waals surface area contributed by atoms with Crippen LogP contribution in [0.25, 0.3) is 0 Å². The second-order valence-corrected chi connectivity index (χ2v) is 12.2. The number of rotatable bonds is 9. The van der Waals surface area contributed by atoms with Crippen molar-refractivity contribution in [1.82, 2.24) is 9.91 Å². The molecule has 7 nitrogen and oxygen atoms in total. The minimum absolute atomic E-state index is 0.0764. The molecule has 7 heteroatoms. The number of allylic oxidation sites excluding steroid dienone is 1. The molecule has 2 heterocycles. The van der Waals surface area contributed by atoms with Gasteiger partial charge < -0.3 is 14.7 Å². The fourth-order valence-electron chi connectivity index (χ4n) is 6.75. The van der Waals surface area contributed by atoms with E-state index in [4.69, 9.17) is 4.74 Å². The maximum atomic E-state index is 13.4. The molecule has 1 fully saturated rings. The van der Waals surface area contributed by atoms with Crippen molar-refractivity contribution in [2.75, 3.05) is 31.1 Å². The second kappa shape index (κ2) is 14.8. The van der Waals surface area contributed by atoms with Crippen molar-refractivity contribution in [3.63, 3.8) is 0 Å². The van der Waals surface area contributed by atoms with Gasteiger partial charge in [0.15, 0.2) is 0 Å². The van der Waals surface area contributed by atoms with Crippen LogP contribution in [0.3, 0.4) is 0 Å². The third-order valence-electron chi connectivity index (χ3n) is 9.34. The van der Waals surface area contributed by atoms with Crippen molar-refractivity contribution < 1.29 is 14.6 Å². The summed E-state index contributed by atoms with van der Waals surface area (Å²) >= 11 is 0. The summed E-state index contributed by atoms with van der Waals surface area (Å²) in [6.07, 6.45) is 11.6. The predicted octanol–water partition coefficient (Wildman–Crippen LogP) is 6.68. The molecule has 1 amide bonds. The van der Waals surface area contributed by atoms with Gasteiger partial charge in [0.2, 0.25) is 5.91 Å². The summed E-state index contributed by atoms with van der Waals surface area (Å²) in [5.41, 5.74) is 3.69. The number of carbonyl (C=O) groups is 1. The maximum Gasteiger partial charge on any atom is 0.243 e. The lowest BCUT2D eigenvalue weighted by Crippen LogP contribution is -2.51. The summed E-state index contributed by atoms with van der Waals surface area (Å²) in [5.74, 6) is 1.10. The molecule has 230 valence electrons. The quantitative estimate of drug-likeness (QED) is 0.356. The molecular formula is C36H48N4O3. The minimum Gasteiger partial charge on any atom is -0.508 e. The number of aliphatic hydroxyl groups is 1. The molecule has 1 aliphatic carbocycles. The lowest BCUT2D eigenvalue weighted by atomic mass is 9.89. The van der Waals surface area contributed by atoms with Crippen LogP contribution in [0.4, 0.5) is 5.69 Å². The van der Waals surface area contributed by atoms with E-state index in [1.54, 1.807) is 5.01 Å². The van der Waals surface area contributed by atoms with Gasteiger partial charge in [-0.05, 0) is 79.9 Å². The fourth-order valence-corrected chi connectivity index (χ4v) is 6.75. The van der Waals surface area contributed by atoms with Crippen LogP contribution in [0.2, 0.25) is 0 Å². The second-order valence-electron chi connectivity index (χ2n) is 12.2. The normalized spacial score (nSPS) is 25.8. The molecule has 5 rings (SSSR count). The van der Waals surface area contributed by atoms with E-state index in [-0.39, 0.29) is 18.1 Å². The smallest absolute Gasteiger partial charge is 0.243 e. The van der Waals surface area contributed by atoms with Gasteiger partial charge in [-0.25, -0.2) is 5.01 Å². The Morgan fingerprint density at radius 2 is 1.77 bits per heavy atom. The standard InChI is InChI=1S/C36H48N4O3/c1-4-34(28(3)43-26-29-9-6-5-7-10-29)40-36(42)19-14-30(11-8-20-37-40)31-12-15-32(16-13-31)38-21-23-39(24-22-38)35-18-17-33(41)25-27(35)2/h5-7,9-10,12-13,15-18,20,25,27-28,30,34-35,41H,4,8,11,14,19,21-24,26H2,1-3H3/b37-20-/t27?,28-,30?,34-,35?/m0/s1. The number of anilines is 1. The number of ether oxygens (including phenoxy) is 1. The van der Waals surface area contributed by atoms with Crippen molar-refractivity contribution in [3.8, 4) is 0 Å². The summed E-state index contributed by atoms with van der Waals surface area (Å²) in [6.45, 7) is 10.8. The van der Waals surface area contributed by atoms with Gasteiger partial charge in [-0.1, -0.05) is 62.4 Å². The Morgan fingerprint density at radius 1 is 1.02 bits per heavy atom. The van der Waals surface area contributed by atoms with Crippen LogP contribution in [-0.4, -0.2) is 71.5 Å². The average Bonchev–Trinajstić information content (AvgIpc) is 3.12. The SMILES string of the molecule is CC[C@@H]([C@H](C)OCc1ccccc1)N1/N=C\CCC(c2ccc(N3CCN(C4C=CC(O)=CC4C)CC3)cc2)CCC1=O. The first-order valence-electron chi connectivity index (χ1n) is 16.1. The van der Waals surface area contributed by atoms with Crippen LogP contribution >= 0.6 is 0 Å². The van der Waals surface area contributed by atoms with Gasteiger partial charge in [0, 0.05) is 50.5 Å². The highest BCUT2D eigenvalue weighted by Crippen LogP contribution is 2.31. The van der Waals surface area contributed by atoms with E-state index in [9.17, 15) is 9.90 Å². The predicted molar refractivity (Wildman–Crippen MR) is 174 cm³/mol. The van der Waals surface area contributed by atoms with E-state index in [0.717, 1.165) is 57.4 Å². The van der Waals surface area contributed by atoms with E-state index in [1.165, 1.54) is 11.3 Å². The molecule has 2 aromatic carbocycles. The lowest BCUT2D eigenvalue weighted by molar-refractivity contribution is -0.137. The Hall–Kier alpha value is -3.42. The molecule has 1 saturated heterocycles. The average molecular weight is 585 g/mol. The number of carbonyl (C=O) groups excluding carboxylic acids is 1. The number of hydrazone groups is 1. The molecular weight excluding hydrogens is 536 g/mol. The number of hydrogen-bond donors (Lipinski definition) is 1. The molecule has 3 unspecified atom stereocenters. The Bertz CT molecular complexity index is 1270. The monoisotopic (exact) mass is 584 g/mol. The van der Waals surface area contributed by atoms with Gasteiger partial charge >= 0.3 is 0 Å². The van der Waals surface area contributed by atoms with Crippen molar-refractivity contribution >= 4 is 17.8 Å². The first kappa shape index (κ1) is 31.0. The molecule has 2 aliphatic heterocycles. The van der Waals surface area contributed by atoms with Gasteiger partial charge in [-0.15, -0.1) is 0 Å². The minimum atomic E-state index is -0.120. The highest BCUT2D eigenvalue weighted by Gasteiger charge is 2.30. The number of aliphatic hydroxyl groups excluding tert-OH is 1. The molecule has 1 N–H and O–H groups in total. The zero-order valence-electron chi connectivity index (χ0n) is 26.0. The van der Waals surface area contributed by atoms with Crippen molar-refractivity contribution in [2.45, 2.75) is 83.6 Å². The number of amides is 1. The van der Waals surface area contributed by atoms with E-state index < -0.39 is 0 Å². The van der Waals surface area contributed by atoms with E-state index in [2.05, 4.69) is 71.2 Å². The summed E-state index contributed by atoms with van der Waals surface area (Å²) in [7, 11) is 0. The maximum absolute atomic E-state index is 13.4. The molecule has 5 atom stereocenters. The highest BCUT2D eigenvalue weighted by atomic mass is 16.5. The van der Waals surface area contributed by atoms with Crippen LogP contribution in [-0.2, 0) is 16.1 Å². The third-order valence-corrected chi connectivity index (χ3v) is 9.34. The van der Waals surface area contributed by atoms with Crippen LogP contribution in [0.5, 0.6) is 0 Å². The van der Waals surface area contributed by atoms with Gasteiger partial charge in [0.1, 0.15) is 5.76 Å². The van der Waals surface area contributed by atoms with Gasteiger partial charge in [-0.3, -0.25) is 9.69 Å². The Kier molecular flexibility index (Phi) is 10.7. The summed E-state index contributed by atoms with van der Waals surface area (Å²) in [5, 5.41) is 16.2. The van der Waals surface area contributed by atoms with E-state index in [0.29, 0.717) is 36.7 Å². The first-order chi connectivity index (χ1) is 20.9. The third kappa shape index (κ3) is 7.95. The number of nitrogens with zero attached hydrogens (tertiary/aromatic N) is 4. The summed E-state index contributed by atoms with van der Waals surface area (Å²) in [6, 6.07) is 19.4. The molecule has 0 radical (unpaired) electrons. The number of piperazine rings is 1. The van der Waals surface area contributed by atoms with E-state index in [1.807, 2.05) is 43.5 Å². The van der Waals surface area contributed by atoms with Gasteiger partial charge in [-0.2, -0.15) is 5.10 Å². The molecule has 0 spiro atoms. The summed E-state index contributed by atoms with van der Waals surface area (Å²) in [4.78, 5) is 18.4. The highest BCUT2D eigenvalue weighted by molar-refractivity contribution is 5.77. The Balaban J connectivity index is 1.14. The van der Waals surface area contributed by atoms with Crippen LogP contribution < -0.4 is 4.90 Å². The first-order valence-corrected chi connectivity index (χ1v) is 16.1. The zero-order valence-corrected chi connectivity index (χ0v) is 26.0. The van der Waals surface area contributed by atoms with Gasteiger partial charge in [0.25, 0.3) is 0 Å². The van der Waals surface area contributed by atoms with Crippen molar-refractivity contribution in [1.29, 1.82) is 0 Å².